The van der Waals surface area contributed by atoms with Crippen LogP contribution in [0.25, 0.3) is 0 Å². The van der Waals surface area contributed by atoms with Gasteiger partial charge in [0.25, 0.3) is 0 Å². The Kier molecular flexibility index (Phi) is 3.67. The maximum Gasteiger partial charge on any atom is 0.345 e. The van der Waals surface area contributed by atoms with Crippen LogP contribution in [0.3, 0.4) is 0 Å². The van der Waals surface area contributed by atoms with Gasteiger partial charge in [0.15, 0.2) is 11.5 Å². The predicted octanol–water partition coefficient (Wildman–Crippen LogP) is 4.25. The molecule has 2 aliphatic rings. The van der Waals surface area contributed by atoms with Crippen molar-refractivity contribution in [2.75, 3.05) is 7.11 Å². The molecule has 4 rings (SSSR count). The number of aromatic nitrogens is 1. The van der Waals surface area contributed by atoms with Crippen molar-refractivity contribution in [1.29, 1.82) is 0 Å². The molecule has 2 aromatic rings. The Labute approximate surface area is 146 Å². The number of fused-ring (bicyclic) bond motifs is 1. The number of nitrogens with zero attached hydrogens (tertiary/aromatic N) is 1. The first kappa shape index (κ1) is 15.9. The van der Waals surface area contributed by atoms with Crippen LogP contribution in [0.5, 0.6) is 17.2 Å². The van der Waals surface area contributed by atoms with Gasteiger partial charge in [-0.25, -0.2) is 4.79 Å². The lowest BCUT2D eigenvalue weighted by Crippen LogP contribution is -2.25. The summed E-state index contributed by atoms with van der Waals surface area (Å²) in [6.45, 7) is 3.94. The van der Waals surface area contributed by atoms with Crippen LogP contribution in [-0.2, 0) is 11.2 Å². The molecule has 1 aromatic heterocycles. The summed E-state index contributed by atoms with van der Waals surface area (Å²) in [4.78, 5) is 16.8. The lowest BCUT2D eigenvalue weighted by atomic mass is 10.0. The van der Waals surface area contributed by atoms with E-state index in [0.29, 0.717) is 35.2 Å². The molecule has 130 valence electrons. The first-order valence-electron chi connectivity index (χ1n) is 8.54. The Morgan fingerprint density at radius 3 is 2.84 bits per heavy atom. The van der Waals surface area contributed by atoms with E-state index in [-0.39, 0.29) is 0 Å². The molecule has 5 nitrogen and oxygen atoms in total. The Morgan fingerprint density at radius 2 is 2.12 bits per heavy atom. The Bertz CT molecular complexity index is 840. The zero-order valence-electron chi connectivity index (χ0n) is 14.7. The summed E-state index contributed by atoms with van der Waals surface area (Å²) in [6.07, 6.45) is 4.67. The average molecular weight is 339 g/mol. The molecule has 0 saturated heterocycles. The van der Waals surface area contributed by atoms with Crippen molar-refractivity contribution in [2.24, 2.45) is 0 Å². The fourth-order valence-corrected chi connectivity index (χ4v) is 3.22. The topological polar surface area (TPSA) is 57.7 Å². The SMILES string of the molecule is COC(=O)c1c(Oc2cccc(C3CC3)c2)cnc2c1OC(C)(C)C2. The number of hydrogen-bond donors (Lipinski definition) is 0. The van der Waals surface area contributed by atoms with Crippen molar-refractivity contribution >= 4 is 5.97 Å². The van der Waals surface area contributed by atoms with Gasteiger partial charge in [-0.2, -0.15) is 0 Å². The molecule has 0 bridgehead atoms. The Balaban J connectivity index is 1.72. The number of esters is 1. The summed E-state index contributed by atoms with van der Waals surface area (Å²) in [5.41, 5.74) is 1.92. The summed E-state index contributed by atoms with van der Waals surface area (Å²) in [7, 11) is 1.35. The smallest absolute Gasteiger partial charge is 0.345 e. The second-order valence-corrected chi connectivity index (χ2v) is 7.25. The number of rotatable bonds is 4. The Hall–Kier alpha value is -2.56. The van der Waals surface area contributed by atoms with Gasteiger partial charge < -0.3 is 14.2 Å². The average Bonchev–Trinajstić information content (AvgIpc) is 3.37. The standard InChI is InChI=1S/C20H21NO4/c1-20(2)10-15-18(25-20)17(19(22)23-3)16(11-21-15)24-14-6-4-5-13(9-14)12-7-8-12/h4-6,9,11-12H,7-8,10H2,1-3H3. The van der Waals surface area contributed by atoms with Gasteiger partial charge in [0.05, 0.1) is 19.0 Å². The van der Waals surface area contributed by atoms with Crippen molar-refractivity contribution in [1.82, 2.24) is 4.98 Å². The highest BCUT2D eigenvalue weighted by molar-refractivity contribution is 5.96. The highest BCUT2D eigenvalue weighted by Gasteiger charge is 2.37. The first-order valence-corrected chi connectivity index (χ1v) is 8.54. The van der Waals surface area contributed by atoms with Crippen molar-refractivity contribution in [3.05, 3.63) is 47.3 Å². The summed E-state index contributed by atoms with van der Waals surface area (Å²) < 4.78 is 16.9. The van der Waals surface area contributed by atoms with Crippen molar-refractivity contribution in [2.45, 2.75) is 44.6 Å². The fourth-order valence-electron chi connectivity index (χ4n) is 3.22. The molecule has 0 amide bonds. The molecule has 1 aliphatic heterocycles. The van der Waals surface area contributed by atoms with E-state index < -0.39 is 11.6 Å². The van der Waals surface area contributed by atoms with Crippen LogP contribution in [0.4, 0.5) is 0 Å². The van der Waals surface area contributed by atoms with Crippen molar-refractivity contribution in [3.63, 3.8) is 0 Å². The van der Waals surface area contributed by atoms with Crippen LogP contribution in [0.15, 0.2) is 30.5 Å². The zero-order valence-corrected chi connectivity index (χ0v) is 14.7. The molecule has 0 unspecified atom stereocenters. The third-order valence-corrected chi connectivity index (χ3v) is 4.57. The molecule has 1 saturated carbocycles. The first-order chi connectivity index (χ1) is 12.0. The number of ether oxygens (including phenoxy) is 3. The number of carbonyl (C=O) groups is 1. The lowest BCUT2D eigenvalue weighted by Gasteiger charge is -2.18. The van der Waals surface area contributed by atoms with Gasteiger partial charge in [0.1, 0.15) is 16.9 Å². The molecular weight excluding hydrogens is 318 g/mol. The quantitative estimate of drug-likeness (QED) is 0.779. The third kappa shape index (κ3) is 3.06. The molecular formula is C20H21NO4. The van der Waals surface area contributed by atoms with Crippen molar-refractivity contribution in [3.8, 4) is 17.2 Å². The van der Waals surface area contributed by atoms with E-state index in [2.05, 4.69) is 11.1 Å². The number of benzene rings is 1. The van der Waals surface area contributed by atoms with Gasteiger partial charge in [-0.3, -0.25) is 4.98 Å². The van der Waals surface area contributed by atoms with E-state index in [4.69, 9.17) is 14.2 Å². The van der Waals surface area contributed by atoms with E-state index in [9.17, 15) is 4.79 Å². The van der Waals surface area contributed by atoms with Crippen LogP contribution in [0.2, 0.25) is 0 Å². The van der Waals surface area contributed by atoms with Gasteiger partial charge in [-0.1, -0.05) is 12.1 Å². The maximum atomic E-state index is 12.4. The molecule has 5 heteroatoms. The van der Waals surface area contributed by atoms with E-state index in [1.807, 2.05) is 32.0 Å². The van der Waals surface area contributed by atoms with Gasteiger partial charge >= 0.3 is 5.97 Å². The third-order valence-electron chi connectivity index (χ3n) is 4.57. The maximum absolute atomic E-state index is 12.4. The molecule has 0 N–H and O–H groups in total. The molecule has 0 radical (unpaired) electrons. The molecule has 0 spiro atoms. The second-order valence-electron chi connectivity index (χ2n) is 7.25. The number of hydrogen-bond acceptors (Lipinski definition) is 5. The van der Waals surface area contributed by atoms with E-state index in [1.165, 1.54) is 25.5 Å². The van der Waals surface area contributed by atoms with Gasteiger partial charge in [0, 0.05) is 6.42 Å². The molecule has 2 heterocycles. The zero-order chi connectivity index (χ0) is 17.6. The summed E-state index contributed by atoms with van der Waals surface area (Å²) >= 11 is 0. The van der Waals surface area contributed by atoms with Gasteiger partial charge in [-0.15, -0.1) is 0 Å². The second kappa shape index (κ2) is 5.76. The van der Waals surface area contributed by atoms with Crippen molar-refractivity contribution < 1.29 is 19.0 Å². The number of carbonyl (C=O) groups excluding carboxylic acids is 1. The lowest BCUT2D eigenvalue weighted by molar-refractivity contribution is 0.0586. The van der Waals surface area contributed by atoms with Crippen LogP contribution in [0.1, 0.15) is 54.2 Å². The minimum atomic E-state index is -0.482. The summed E-state index contributed by atoms with van der Waals surface area (Å²) in [5.74, 6) is 1.66. The summed E-state index contributed by atoms with van der Waals surface area (Å²) in [6, 6.07) is 7.99. The minimum absolute atomic E-state index is 0.301. The summed E-state index contributed by atoms with van der Waals surface area (Å²) in [5, 5.41) is 0. The van der Waals surface area contributed by atoms with Crippen LogP contribution in [0, 0.1) is 0 Å². The van der Waals surface area contributed by atoms with Gasteiger partial charge in [0.2, 0.25) is 0 Å². The predicted molar refractivity (Wildman–Crippen MR) is 92.5 cm³/mol. The van der Waals surface area contributed by atoms with Gasteiger partial charge in [-0.05, 0) is 50.3 Å². The molecule has 25 heavy (non-hydrogen) atoms. The highest BCUT2D eigenvalue weighted by atomic mass is 16.5. The molecule has 1 fully saturated rings. The number of pyridine rings is 1. The molecule has 1 aromatic carbocycles. The van der Waals surface area contributed by atoms with E-state index >= 15 is 0 Å². The molecule has 1 aliphatic carbocycles. The monoisotopic (exact) mass is 339 g/mol. The fraction of sp³-hybridized carbons (Fsp3) is 0.400. The van der Waals surface area contributed by atoms with E-state index in [0.717, 1.165) is 5.69 Å². The largest absolute Gasteiger partial charge is 0.484 e. The van der Waals surface area contributed by atoms with Crippen LogP contribution in [-0.4, -0.2) is 23.7 Å². The Morgan fingerprint density at radius 1 is 1.32 bits per heavy atom. The van der Waals surface area contributed by atoms with Crippen LogP contribution < -0.4 is 9.47 Å². The minimum Gasteiger partial charge on any atom is -0.484 e. The number of methoxy groups -OCH3 is 1. The normalized spacial score (nSPS) is 17.6. The molecule has 0 atom stereocenters. The van der Waals surface area contributed by atoms with Crippen LogP contribution >= 0.6 is 0 Å². The highest BCUT2D eigenvalue weighted by Crippen LogP contribution is 2.43. The van der Waals surface area contributed by atoms with E-state index in [1.54, 1.807) is 6.20 Å².